The molecule has 0 saturated carbocycles. The molecule has 0 N–H and O–H groups in total. The van der Waals surface area contributed by atoms with Crippen LogP contribution in [0.5, 0.6) is 0 Å². The van der Waals surface area contributed by atoms with Gasteiger partial charge in [0.05, 0.1) is 0 Å². The Morgan fingerprint density at radius 2 is 1.69 bits per heavy atom. The van der Waals surface area contributed by atoms with Crippen molar-refractivity contribution in [2.75, 3.05) is 0 Å². The number of fused-ring (bicyclic) bond motifs is 1. The average Bonchev–Trinajstić information content (AvgIpc) is 2.18. The molecule has 0 aliphatic rings. The Bertz CT molecular complexity index is 463. The van der Waals surface area contributed by atoms with Crippen molar-refractivity contribution in [3.05, 3.63) is 47.0 Å². The van der Waals surface area contributed by atoms with Crippen LogP contribution in [0.1, 0.15) is 10.4 Å². The average molecular weight is 191 g/mol. The van der Waals surface area contributed by atoms with Crippen LogP contribution in [0.4, 0.5) is 0 Å². The van der Waals surface area contributed by atoms with E-state index in [4.69, 9.17) is 11.6 Å². The number of hydrogen-bond acceptors (Lipinski definition) is 1. The Balaban J connectivity index is 2.92. The Kier molecular flexibility index (Phi) is 2.03. The van der Waals surface area contributed by atoms with Gasteiger partial charge in [0.15, 0.2) is 6.29 Å². The second-order valence-corrected chi connectivity index (χ2v) is 3.21. The van der Waals surface area contributed by atoms with Gasteiger partial charge in [0.2, 0.25) is 0 Å². The van der Waals surface area contributed by atoms with Gasteiger partial charge in [0.25, 0.3) is 0 Å². The maximum absolute atomic E-state index is 10.7. The lowest BCUT2D eigenvalue weighted by atomic mass is 10.1. The Morgan fingerprint density at radius 3 is 2.46 bits per heavy atom. The van der Waals surface area contributed by atoms with Crippen molar-refractivity contribution in [1.29, 1.82) is 0 Å². The fraction of sp³-hybridized carbons (Fsp3) is 0. The van der Waals surface area contributed by atoms with Gasteiger partial charge in [0.1, 0.15) is 0 Å². The van der Waals surface area contributed by atoms with Crippen molar-refractivity contribution in [1.82, 2.24) is 0 Å². The second-order valence-electron chi connectivity index (χ2n) is 2.80. The summed E-state index contributed by atoms with van der Waals surface area (Å²) in [6.45, 7) is 0. The molecule has 2 aromatic carbocycles. The van der Waals surface area contributed by atoms with Crippen molar-refractivity contribution in [3.8, 4) is 0 Å². The van der Waals surface area contributed by atoms with Crippen LogP contribution in [0.3, 0.4) is 0 Å². The van der Waals surface area contributed by atoms with Gasteiger partial charge in [-0.1, -0.05) is 41.9 Å². The molecule has 0 aliphatic carbocycles. The van der Waals surface area contributed by atoms with Crippen molar-refractivity contribution >= 4 is 28.7 Å². The van der Waals surface area contributed by atoms with Gasteiger partial charge in [-0.2, -0.15) is 0 Å². The van der Waals surface area contributed by atoms with E-state index >= 15 is 0 Å². The van der Waals surface area contributed by atoms with Crippen LogP contribution in [-0.4, -0.2) is 6.29 Å². The standard InChI is InChI=1S/C11H7ClO/c12-11-6-2-4-9-8(7-13)3-1-5-10(9)11/h1-7H. The minimum atomic E-state index is 0.681. The van der Waals surface area contributed by atoms with Crippen LogP contribution in [0.15, 0.2) is 36.4 Å². The predicted molar refractivity (Wildman–Crippen MR) is 54.3 cm³/mol. The molecule has 0 radical (unpaired) electrons. The molecule has 0 unspecified atom stereocenters. The molecular weight excluding hydrogens is 184 g/mol. The molecule has 64 valence electrons. The third kappa shape index (κ3) is 1.31. The maximum atomic E-state index is 10.7. The number of carbonyl (C=O) groups is 1. The van der Waals surface area contributed by atoms with Gasteiger partial charge < -0.3 is 0 Å². The zero-order valence-electron chi connectivity index (χ0n) is 6.83. The first-order valence-corrected chi connectivity index (χ1v) is 4.33. The van der Waals surface area contributed by atoms with Gasteiger partial charge in [0, 0.05) is 16.0 Å². The molecule has 2 aromatic rings. The summed E-state index contributed by atoms with van der Waals surface area (Å²) in [6, 6.07) is 11.1. The minimum Gasteiger partial charge on any atom is -0.298 e. The van der Waals surface area contributed by atoms with Crippen LogP contribution in [0, 0.1) is 0 Å². The highest BCUT2D eigenvalue weighted by Gasteiger charge is 2.01. The minimum absolute atomic E-state index is 0.681. The van der Waals surface area contributed by atoms with Crippen molar-refractivity contribution in [3.63, 3.8) is 0 Å². The Morgan fingerprint density at radius 1 is 1.00 bits per heavy atom. The van der Waals surface area contributed by atoms with Crippen LogP contribution in [-0.2, 0) is 0 Å². The smallest absolute Gasteiger partial charge is 0.150 e. The summed E-state index contributed by atoms with van der Waals surface area (Å²) >= 11 is 5.97. The molecule has 1 nitrogen and oxygen atoms in total. The second kappa shape index (κ2) is 3.19. The number of hydrogen-bond donors (Lipinski definition) is 0. The fourth-order valence-corrected chi connectivity index (χ4v) is 1.64. The number of rotatable bonds is 1. The van der Waals surface area contributed by atoms with Crippen LogP contribution >= 0.6 is 11.6 Å². The van der Waals surface area contributed by atoms with E-state index in [0.29, 0.717) is 10.6 Å². The summed E-state index contributed by atoms with van der Waals surface area (Å²) in [5, 5.41) is 2.51. The molecule has 0 atom stereocenters. The molecule has 0 bridgehead atoms. The first-order valence-electron chi connectivity index (χ1n) is 3.95. The fourth-order valence-electron chi connectivity index (χ4n) is 1.40. The van der Waals surface area contributed by atoms with E-state index in [1.165, 1.54) is 0 Å². The van der Waals surface area contributed by atoms with Crippen molar-refractivity contribution < 1.29 is 4.79 Å². The molecular formula is C11H7ClO. The zero-order chi connectivity index (χ0) is 9.26. The van der Waals surface area contributed by atoms with E-state index in [1.54, 1.807) is 6.07 Å². The highest BCUT2D eigenvalue weighted by molar-refractivity contribution is 6.35. The van der Waals surface area contributed by atoms with Gasteiger partial charge in [-0.05, 0) is 11.5 Å². The molecule has 2 heteroatoms. The van der Waals surface area contributed by atoms with E-state index in [1.807, 2.05) is 30.3 Å². The Hall–Kier alpha value is -1.34. The molecule has 13 heavy (non-hydrogen) atoms. The number of aldehydes is 1. The molecule has 0 saturated heterocycles. The molecule has 0 fully saturated rings. The SMILES string of the molecule is O=Cc1cccc2c(Cl)cccc12. The van der Waals surface area contributed by atoms with Crippen LogP contribution < -0.4 is 0 Å². The first kappa shape index (κ1) is 8.27. The highest BCUT2D eigenvalue weighted by Crippen LogP contribution is 2.24. The lowest BCUT2D eigenvalue weighted by Gasteiger charge is -2.01. The summed E-state index contributed by atoms with van der Waals surface area (Å²) < 4.78 is 0. The van der Waals surface area contributed by atoms with Crippen molar-refractivity contribution in [2.45, 2.75) is 0 Å². The van der Waals surface area contributed by atoms with Crippen LogP contribution in [0.2, 0.25) is 5.02 Å². The first-order chi connectivity index (χ1) is 6.33. The maximum Gasteiger partial charge on any atom is 0.150 e. The monoisotopic (exact) mass is 190 g/mol. The van der Waals surface area contributed by atoms with E-state index in [9.17, 15) is 4.79 Å². The van der Waals surface area contributed by atoms with Gasteiger partial charge in [-0.15, -0.1) is 0 Å². The third-order valence-corrected chi connectivity index (χ3v) is 2.36. The Labute approximate surface area is 80.9 Å². The number of benzene rings is 2. The normalized spacial score (nSPS) is 10.2. The molecule has 0 spiro atoms. The topological polar surface area (TPSA) is 17.1 Å². The van der Waals surface area contributed by atoms with Crippen molar-refractivity contribution in [2.24, 2.45) is 0 Å². The van der Waals surface area contributed by atoms with E-state index in [2.05, 4.69) is 0 Å². The summed E-state index contributed by atoms with van der Waals surface area (Å²) in [7, 11) is 0. The van der Waals surface area contributed by atoms with Gasteiger partial charge >= 0.3 is 0 Å². The highest BCUT2D eigenvalue weighted by atomic mass is 35.5. The number of halogens is 1. The van der Waals surface area contributed by atoms with Gasteiger partial charge in [-0.3, -0.25) is 4.79 Å². The van der Waals surface area contributed by atoms with E-state index < -0.39 is 0 Å². The molecule has 0 aromatic heterocycles. The van der Waals surface area contributed by atoms with Crippen LogP contribution in [0.25, 0.3) is 10.8 Å². The molecule has 0 heterocycles. The third-order valence-electron chi connectivity index (χ3n) is 2.03. The summed E-state index contributed by atoms with van der Waals surface area (Å²) in [6.07, 6.45) is 0.846. The summed E-state index contributed by atoms with van der Waals surface area (Å²) in [5.41, 5.74) is 0.681. The van der Waals surface area contributed by atoms with E-state index in [0.717, 1.165) is 17.1 Å². The quantitative estimate of drug-likeness (QED) is 0.631. The lowest BCUT2D eigenvalue weighted by Crippen LogP contribution is -1.82. The predicted octanol–water partition coefficient (Wildman–Crippen LogP) is 3.31. The molecule has 0 amide bonds. The summed E-state index contributed by atoms with van der Waals surface area (Å²) in [4.78, 5) is 10.7. The molecule has 0 aliphatic heterocycles. The summed E-state index contributed by atoms with van der Waals surface area (Å²) in [5.74, 6) is 0. The zero-order valence-corrected chi connectivity index (χ0v) is 7.58. The lowest BCUT2D eigenvalue weighted by molar-refractivity contribution is 0.112. The molecule has 2 rings (SSSR count). The van der Waals surface area contributed by atoms with E-state index in [-0.39, 0.29) is 0 Å². The largest absolute Gasteiger partial charge is 0.298 e. The number of carbonyl (C=O) groups excluding carboxylic acids is 1. The van der Waals surface area contributed by atoms with Gasteiger partial charge in [-0.25, -0.2) is 0 Å².